The second kappa shape index (κ2) is 7.49. The van der Waals surface area contributed by atoms with Crippen molar-refractivity contribution >= 4 is 33.2 Å². The van der Waals surface area contributed by atoms with Crippen molar-refractivity contribution in [3.8, 4) is 0 Å². The van der Waals surface area contributed by atoms with Gasteiger partial charge in [-0.05, 0) is 37.1 Å². The van der Waals surface area contributed by atoms with E-state index in [1.165, 1.54) is 22.5 Å². The van der Waals surface area contributed by atoms with E-state index in [1.54, 1.807) is 0 Å². The minimum atomic E-state index is -3.49. The Labute approximate surface area is 143 Å². The lowest BCUT2D eigenvalue weighted by molar-refractivity contribution is 0.180. The Morgan fingerprint density at radius 1 is 1.09 bits per heavy atom. The Hall–Kier alpha value is -0.330. The molecule has 4 nitrogen and oxygen atoms in total. The molecule has 0 amide bonds. The number of hydrogen-bond donors (Lipinski definition) is 0. The van der Waals surface area contributed by atoms with Crippen LogP contribution < -0.4 is 0 Å². The standard InChI is InChI=1S/C15H22Cl2N2O2S/c1-12(2)5-6-18-7-9-19(10-8-18)22(20,21)13-3-4-14(16)15(17)11-13/h3-4,11-12H,5-10H2,1-2H3. The van der Waals surface area contributed by atoms with Crippen LogP contribution in [0.4, 0.5) is 0 Å². The molecule has 0 aliphatic carbocycles. The zero-order valence-electron chi connectivity index (χ0n) is 12.9. The van der Waals surface area contributed by atoms with Gasteiger partial charge in [0.15, 0.2) is 0 Å². The first-order valence-corrected chi connectivity index (χ1v) is 9.68. The summed E-state index contributed by atoms with van der Waals surface area (Å²) in [7, 11) is -3.49. The number of rotatable bonds is 5. The zero-order chi connectivity index (χ0) is 16.3. The van der Waals surface area contributed by atoms with Crippen LogP contribution in [0.1, 0.15) is 20.3 Å². The molecule has 0 spiro atoms. The van der Waals surface area contributed by atoms with Gasteiger partial charge in [-0.3, -0.25) is 0 Å². The number of sulfonamides is 1. The van der Waals surface area contributed by atoms with Crippen molar-refractivity contribution < 1.29 is 8.42 Å². The number of benzene rings is 1. The summed E-state index contributed by atoms with van der Waals surface area (Å²) in [6, 6.07) is 4.45. The summed E-state index contributed by atoms with van der Waals surface area (Å²) in [6.45, 7) is 8.00. The summed E-state index contributed by atoms with van der Waals surface area (Å²) < 4.78 is 26.8. The van der Waals surface area contributed by atoms with Crippen molar-refractivity contribution in [2.75, 3.05) is 32.7 Å². The molecular weight excluding hydrogens is 343 g/mol. The lowest BCUT2D eigenvalue weighted by Crippen LogP contribution is -2.48. The van der Waals surface area contributed by atoms with E-state index in [0.29, 0.717) is 24.0 Å². The molecule has 7 heteroatoms. The third-order valence-corrected chi connectivity index (χ3v) is 6.52. The maximum atomic E-state index is 12.6. The molecule has 1 aliphatic heterocycles. The van der Waals surface area contributed by atoms with Crippen LogP contribution in [0.25, 0.3) is 0 Å². The van der Waals surface area contributed by atoms with Crippen LogP contribution in [0, 0.1) is 5.92 Å². The molecule has 22 heavy (non-hydrogen) atoms. The average molecular weight is 365 g/mol. The molecule has 0 N–H and O–H groups in total. The highest BCUT2D eigenvalue weighted by Crippen LogP contribution is 2.27. The SMILES string of the molecule is CC(C)CCN1CCN(S(=O)(=O)c2ccc(Cl)c(Cl)c2)CC1. The van der Waals surface area contributed by atoms with Gasteiger partial charge in [-0.2, -0.15) is 4.31 Å². The first-order valence-electron chi connectivity index (χ1n) is 7.48. The summed E-state index contributed by atoms with van der Waals surface area (Å²) >= 11 is 11.8. The van der Waals surface area contributed by atoms with E-state index in [2.05, 4.69) is 18.7 Å². The molecule has 2 rings (SSSR count). The largest absolute Gasteiger partial charge is 0.301 e. The van der Waals surface area contributed by atoms with Crippen molar-refractivity contribution in [3.63, 3.8) is 0 Å². The number of nitrogens with zero attached hydrogens (tertiary/aromatic N) is 2. The number of piperazine rings is 1. The molecule has 1 saturated heterocycles. The molecule has 0 aromatic heterocycles. The van der Waals surface area contributed by atoms with Crippen LogP contribution in [0.15, 0.2) is 23.1 Å². The van der Waals surface area contributed by atoms with Crippen LogP contribution in [-0.4, -0.2) is 50.3 Å². The Balaban J connectivity index is 2.01. The van der Waals surface area contributed by atoms with Gasteiger partial charge in [-0.15, -0.1) is 0 Å². The van der Waals surface area contributed by atoms with Crippen LogP contribution >= 0.6 is 23.2 Å². The van der Waals surface area contributed by atoms with Crippen LogP contribution in [0.2, 0.25) is 10.0 Å². The normalized spacial score (nSPS) is 18.0. The lowest BCUT2D eigenvalue weighted by Gasteiger charge is -2.34. The van der Waals surface area contributed by atoms with E-state index < -0.39 is 10.0 Å². The molecule has 0 radical (unpaired) electrons. The van der Waals surface area contributed by atoms with E-state index in [-0.39, 0.29) is 9.92 Å². The maximum absolute atomic E-state index is 12.6. The smallest absolute Gasteiger partial charge is 0.243 e. The van der Waals surface area contributed by atoms with Crippen molar-refractivity contribution in [1.82, 2.24) is 9.21 Å². The summed E-state index contributed by atoms with van der Waals surface area (Å²) in [6.07, 6.45) is 1.14. The Morgan fingerprint density at radius 3 is 2.27 bits per heavy atom. The molecule has 1 aromatic carbocycles. The van der Waals surface area contributed by atoms with Crippen molar-refractivity contribution in [2.45, 2.75) is 25.2 Å². The van der Waals surface area contributed by atoms with Gasteiger partial charge in [0, 0.05) is 26.2 Å². The topological polar surface area (TPSA) is 40.6 Å². The molecular formula is C15H22Cl2N2O2S. The second-order valence-corrected chi connectivity index (χ2v) is 8.76. The highest BCUT2D eigenvalue weighted by atomic mass is 35.5. The minimum Gasteiger partial charge on any atom is -0.301 e. The molecule has 1 heterocycles. The Kier molecular flexibility index (Phi) is 6.14. The average Bonchev–Trinajstić information content (AvgIpc) is 2.48. The van der Waals surface area contributed by atoms with Crippen molar-refractivity contribution in [3.05, 3.63) is 28.2 Å². The maximum Gasteiger partial charge on any atom is 0.243 e. The second-order valence-electron chi connectivity index (χ2n) is 6.00. The van der Waals surface area contributed by atoms with Gasteiger partial charge in [0.1, 0.15) is 0 Å². The van der Waals surface area contributed by atoms with Crippen LogP contribution in [-0.2, 0) is 10.0 Å². The van der Waals surface area contributed by atoms with Gasteiger partial charge in [-0.25, -0.2) is 8.42 Å². The Bertz CT molecular complexity index is 612. The first kappa shape index (κ1) is 18.0. The van der Waals surface area contributed by atoms with Gasteiger partial charge in [-0.1, -0.05) is 37.0 Å². The highest BCUT2D eigenvalue weighted by Gasteiger charge is 2.28. The van der Waals surface area contributed by atoms with Crippen molar-refractivity contribution in [1.29, 1.82) is 0 Å². The van der Waals surface area contributed by atoms with E-state index in [0.717, 1.165) is 26.1 Å². The van der Waals surface area contributed by atoms with Gasteiger partial charge >= 0.3 is 0 Å². The predicted molar refractivity (Wildman–Crippen MR) is 91.1 cm³/mol. The molecule has 124 valence electrons. The summed E-state index contributed by atoms with van der Waals surface area (Å²) in [5.41, 5.74) is 0. The van der Waals surface area contributed by atoms with Gasteiger partial charge in [0.2, 0.25) is 10.0 Å². The molecule has 1 aromatic rings. The first-order chi connectivity index (χ1) is 10.3. The monoisotopic (exact) mass is 364 g/mol. The van der Waals surface area contributed by atoms with E-state index in [4.69, 9.17) is 23.2 Å². The molecule has 0 bridgehead atoms. The predicted octanol–water partition coefficient (Wildman–Crippen LogP) is 3.35. The lowest BCUT2D eigenvalue weighted by atomic mass is 10.1. The third kappa shape index (κ3) is 4.36. The van der Waals surface area contributed by atoms with Gasteiger partial charge in [0.05, 0.1) is 14.9 Å². The molecule has 1 aliphatic rings. The Morgan fingerprint density at radius 2 is 1.73 bits per heavy atom. The highest BCUT2D eigenvalue weighted by molar-refractivity contribution is 7.89. The fourth-order valence-corrected chi connectivity index (χ4v) is 4.23. The number of halogens is 2. The summed E-state index contributed by atoms with van der Waals surface area (Å²) in [5, 5.41) is 0.623. The third-order valence-electron chi connectivity index (χ3n) is 3.88. The number of hydrogen-bond acceptors (Lipinski definition) is 3. The molecule has 0 saturated carbocycles. The van der Waals surface area contributed by atoms with Crippen LogP contribution in [0.3, 0.4) is 0 Å². The summed E-state index contributed by atoms with van der Waals surface area (Å²) in [4.78, 5) is 2.53. The zero-order valence-corrected chi connectivity index (χ0v) is 15.3. The van der Waals surface area contributed by atoms with E-state index >= 15 is 0 Å². The minimum absolute atomic E-state index is 0.206. The quantitative estimate of drug-likeness (QED) is 0.804. The van der Waals surface area contributed by atoms with Gasteiger partial charge in [0.25, 0.3) is 0 Å². The molecule has 0 unspecified atom stereocenters. The molecule has 0 atom stereocenters. The van der Waals surface area contributed by atoms with E-state index in [9.17, 15) is 8.42 Å². The fourth-order valence-electron chi connectivity index (χ4n) is 2.42. The fraction of sp³-hybridized carbons (Fsp3) is 0.600. The van der Waals surface area contributed by atoms with E-state index in [1.807, 2.05) is 0 Å². The summed E-state index contributed by atoms with van der Waals surface area (Å²) in [5.74, 6) is 0.665. The van der Waals surface area contributed by atoms with Crippen LogP contribution in [0.5, 0.6) is 0 Å². The molecule has 1 fully saturated rings. The van der Waals surface area contributed by atoms with Crippen molar-refractivity contribution in [2.24, 2.45) is 5.92 Å². The van der Waals surface area contributed by atoms with Gasteiger partial charge < -0.3 is 4.90 Å².